The second-order valence-corrected chi connectivity index (χ2v) is 6.40. The molecule has 1 fully saturated rings. The first kappa shape index (κ1) is 14.4. The molecule has 1 N–H and O–H groups in total. The summed E-state index contributed by atoms with van der Waals surface area (Å²) in [5.41, 5.74) is -1.56. The highest BCUT2D eigenvalue weighted by molar-refractivity contribution is 9.10. The van der Waals surface area contributed by atoms with Crippen LogP contribution in [0, 0.1) is 11.3 Å². The highest BCUT2D eigenvalue weighted by atomic mass is 79.9. The minimum absolute atomic E-state index is 0.0178. The van der Waals surface area contributed by atoms with Crippen molar-refractivity contribution in [1.29, 1.82) is 0 Å². The maximum absolute atomic E-state index is 14.1. The fourth-order valence-corrected chi connectivity index (χ4v) is 3.12. The van der Waals surface area contributed by atoms with Crippen molar-refractivity contribution in [3.05, 3.63) is 34.3 Å². The van der Waals surface area contributed by atoms with Gasteiger partial charge >= 0.3 is 5.97 Å². The molecule has 0 bridgehead atoms. The number of rotatable bonds is 4. The summed E-state index contributed by atoms with van der Waals surface area (Å²) in [4.78, 5) is 11.4. The van der Waals surface area contributed by atoms with Crippen LogP contribution in [0.1, 0.15) is 31.7 Å². The number of carboxylic acids is 1. The average molecular weight is 333 g/mol. The van der Waals surface area contributed by atoms with Crippen LogP contribution in [0.15, 0.2) is 28.7 Å². The van der Waals surface area contributed by atoms with E-state index in [0.29, 0.717) is 5.56 Å². The Morgan fingerprint density at radius 2 is 1.89 bits per heavy atom. The van der Waals surface area contributed by atoms with Crippen LogP contribution < -0.4 is 0 Å². The van der Waals surface area contributed by atoms with Gasteiger partial charge in [-0.3, -0.25) is 4.79 Å². The molecule has 2 atom stereocenters. The van der Waals surface area contributed by atoms with E-state index in [2.05, 4.69) is 15.9 Å². The van der Waals surface area contributed by atoms with E-state index < -0.39 is 23.2 Å². The smallest absolute Gasteiger partial charge is 0.316 e. The van der Waals surface area contributed by atoms with Gasteiger partial charge in [-0.15, -0.1) is 0 Å². The van der Waals surface area contributed by atoms with Crippen LogP contribution in [-0.4, -0.2) is 17.0 Å². The lowest BCUT2D eigenvalue weighted by Crippen LogP contribution is -2.24. The molecule has 1 saturated carbocycles. The molecule has 0 amide bonds. The summed E-state index contributed by atoms with van der Waals surface area (Å²) in [5, 5.41) is 9.29. The standard InChI is InChI=1S/C14H15BrF2O2/c1-8(2)7-13(12(18)19)11(14(13,16)17)9-3-5-10(15)6-4-9/h3-6,8,11H,7H2,1-2H3,(H,18,19). The van der Waals surface area contributed by atoms with Gasteiger partial charge in [0.2, 0.25) is 0 Å². The summed E-state index contributed by atoms with van der Waals surface area (Å²) < 4.78 is 29.0. The summed E-state index contributed by atoms with van der Waals surface area (Å²) in [6.45, 7) is 3.52. The molecule has 104 valence electrons. The number of alkyl halides is 2. The van der Waals surface area contributed by atoms with E-state index in [9.17, 15) is 18.7 Å². The molecule has 1 aliphatic carbocycles. The van der Waals surface area contributed by atoms with E-state index >= 15 is 0 Å². The van der Waals surface area contributed by atoms with Crippen LogP contribution in [0.4, 0.5) is 8.78 Å². The maximum atomic E-state index is 14.1. The van der Waals surface area contributed by atoms with Crippen LogP contribution in [0.5, 0.6) is 0 Å². The number of carboxylic acid groups (broad SMARTS) is 1. The molecule has 1 aliphatic rings. The van der Waals surface area contributed by atoms with Crippen molar-refractivity contribution in [3.8, 4) is 0 Å². The molecule has 1 aromatic carbocycles. The Morgan fingerprint density at radius 3 is 2.32 bits per heavy atom. The van der Waals surface area contributed by atoms with Crippen molar-refractivity contribution in [2.45, 2.75) is 32.1 Å². The molecule has 0 heterocycles. The predicted molar refractivity (Wildman–Crippen MR) is 71.4 cm³/mol. The highest BCUT2D eigenvalue weighted by Gasteiger charge is 2.85. The van der Waals surface area contributed by atoms with E-state index in [-0.39, 0.29) is 12.3 Å². The third kappa shape index (κ3) is 2.08. The highest BCUT2D eigenvalue weighted by Crippen LogP contribution is 2.73. The molecule has 0 spiro atoms. The zero-order chi connectivity index (χ0) is 14.4. The lowest BCUT2D eigenvalue weighted by molar-refractivity contribution is -0.148. The van der Waals surface area contributed by atoms with Gasteiger partial charge in [0.15, 0.2) is 0 Å². The van der Waals surface area contributed by atoms with Gasteiger partial charge in [-0.25, -0.2) is 8.78 Å². The van der Waals surface area contributed by atoms with Crippen molar-refractivity contribution in [2.24, 2.45) is 11.3 Å². The molecule has 2 unspecified atom stereocenters. The predicted octanol–water partition coefficient (Wildman–Crippen LogP) is 4.30. The number of carbonyl (C=O) groups is 1. The largest absolute Gasteiger partial charge is 0.481 e. The number of benzene rings is 1. The van der Waals surface area contributed by atoms with Gasteiger partial charge in [-0.05, 0) is 30.0 Å². The zero-order valence-corrected chi connectivity index (χ0v) is 12.2. The van der Waals surface area contributed by atoms with Crippen LogP contribution in [0.25, 0.3) is 0 Å². The summed E-state index contributed by atoms with van der Waals surface area (Å²) in [5.74, 6) is -5.91. The molecule has 0 radical (unpaired) electrons. The third-order valence-electron chi connectivity index (χ3n) is 3.68. The van der Waals surface area contributed by atoms with Crippen molar-refractivity contribution in [2.75, 3.05) is 0 Å². The summed E-state index contributed by atoms with van der Waals surface area (Å²) in [7, 11) is 0. The number of halogens is 3. The summed E-state index contributed by atoms with van der Waals surface area (Å²) in [6.07, 6.45) is -0.0178. The normalized spacial score (nSPS) is 28.4. The Kier molecular flexibility index (Phi) is 3.45. The van der Waals surface area contributed by atoms with Gasteiger partial charge in [0, 0.05) is 4.47 Å². The first-order chi connectivity index (χ1) is 8.73. The molecular weight excluding hydrogens is 318 g/mol. The fourth-order valence-electron chi connectivity index (χ4n) is 2.86. The number of hydrogen-bond acceptors (Lipinski definition) is 1. The van der Waals surface area contributed by atoms with Gasteiger partial charge in [0.05, 0.1) is 5.92 Å². The van der Waals surface area contributed by atoms with Crippen molar-refractivity contribution in [1.82, 2.24) is 0 Å². The fraction of sp³-hybridized carbons (Fsp3) is 0.500. The molecule has 19 heavy (non-hydrogen) atoms. The SMILES string of the molecule is CC(C)CC1(C(=O)O)C(c2ccc(Br)cc2)C1(F)F. The van der Waals surface area contributed by atoms with Crippen molar-refractivity contribution < 1.29 is 18.7 Å². The van der Waals surface area contributed by atoms with Crippen molar-refractivity contribution >= 4 is 21.9 Å². The van der Waals surface area contributed by atoms with Gasteiger partial charge in [-0.2, -0.15) is 0 Å². The van der Waals surface area contributed by atoms with E-state index in [0.717, 1.165) is 4.47 Å². The quantitative estimate of drug-likeness (QED) is 0.892. The van der Waals surface area contributed by atoms with E-state index in [1.54, 1.807) is 38.1 Å². The van der Waals surface area contributed by atoms with E-state index in [4.69, 9.17) is 0 Å². The molecular formula is C14H15BrF2O2. The third-order valence-corrected chi connectivity index (χ3v) is 4.21. The summed E-state index contributed by atoms with van der Waals surface area (Å²) in [6, 6.07) is 6.44. The molecule has 0 saturated heterocycles. The molecule has 0 aliphatic heterocycles. The lowest BCUT2D eigenvalue weighted by Gasteiger charge is -2.14. The second-order valence-electron chi connectivity index (χ2n) is 5.48. The van der Waals surface area contributed by atoms with Crippen LogP contribution in [0.3, 0.4) is 0 Å². The Labute approximate surface area is 118 Å². The van der Waals surface area contributed by atoms with Gasteiger partial charge in [-0.1, -0.05) is 41.9 Å². The Bertz CT molecular complexity index is 499. The van der Waals surface area contributed by atoms with E-state index in [1.807, 2.05) is 0 Å². The zero-order valence-electron chi connectivity index (χ0n) is 10.7. The average Bonchev–Trinajstić information content (AvgIpc) is 2.77. The minimum Gasteiger partial charge on any atom is -0.481 e. The first-order valence-electron chi connectivity index (χ1n) is 6.10. The topological polar surface area (TPSA) is 37.3 Å². The number of aliphatic carboxylic acids is 1. The van der Waals surface area contributed by atoms with Gasteiger partial charge in [0.1, 0.15) is 5.41 Å². The molecule has 1 aromatic rings. The lowest BCUT2D eigenvalue weighted by atomic mass is 9.89. The van der Waals surface area contributed by atoms with Crippen LogP contribution >= 0.6 is 15.9 Å². The molecule has 0 aromatic heterocycles. The Hall–Kier alpha value is -0.970. The molecule has 2 rings (SSSR count). The van der Waals surface area contributed by atoms with Crippen LogP contribution in [0.2, 0.25) is 0 Å². The minimum atomic E-state index is -3.18. The molecule has 2 nitrogen and oxygen atoms in total. The second kappa shape index (κ2) is 4.54. The van der Waals surface area contributed by atoms with Crippen LogP contribution in [-0.2, 0) is 4.79 Å². The maximum Gasteiger partial charge on any atom is 0.316 e. The van der Waals surface area contributed by atoms with E-state index in [1.165, 1.54) is 0 Å². The first-order valence-corrected chi connectivity index (χ1v) is 6.89. The Morgan fingerprint density at radius 1 is 1.37 bits per heavy atom. The number of hydrogen-bond donors (Lipinski definition) is 1. The Balaban J connectivity index is 2.41. The molecule has 5 heteroatoms. The van der Waals surface area contributed by atoms with Gasteiger partial charge in [0.25, 0.3) is 5.92 Å². The van der Waals surface area contributed by atoms with Gasteiger partial charge < -0.3 is 5.11 Å². The summed E-state index contributed by atoms with van der Waals surface area (Å²) >= 11 is 3.24. The monoisotopic (exact) mass is 332 g/mol. The van der Waals surface area contributed by atoms with Crippen molar-refractivity contribution in [3.63, 3.8) is 0 Å².